The second-order valence-electron chi connectivity index (χ2n) is 5.10. The lowest BCUT2D eigenvalue weighted by atomic mass is 9.98. The van der Waals surface area contributed by atoms with Gasteiger partial charge in [0.25, 0.3) is 0 Å². The maximum absolute atomic E-state index is 13.7. The van der Waals surface area contributed by atoms with Gasteiger partial charge in [0.15, 0.2) is 5.78 Å². The van der Waals surface area contributed by atoms with E-state index in [1.807, 2.05) is 32.0 Å². The van der Waals surface area contributed by atoms with Gasteiger partial charge in [-0.05, 0) is 55.2 Å². The smallest absolute Gasteiger partial charge is 0.170 e. The molecular formula is C17H16F2O. The highest BCUT2D eigenvalue weighted by Gasteiger charge is 2.15. The molecule has 2 aromatic carbocycles. The van der Waals surface area contributed by atoms with E-state index in [0.29, 0.717) is 0 Å². The number of hydrogen-bond acceptors (Lipinski definition) is 1. The van der Waals surface area contributed by atoms with Crippen molar-refractivity contribution in [3.8, 4) is 0 Å². The molecule has 0 radical (unpaired) electrons. The Labute approximate surface area is 117 Å². The van der Waals surface area contributed by atoms with Crippen LogP contribution in [0.5, 0.6) is 0 Å². The number of aryl methyl sites for hydroxylation is 3. The summed E-state index contributed by atoms with van der Waals surface area (Å²) in [5.74, 6) is -1.64. The molecule has 3 heteroatoms. The minimum atomic E-state index is -0.669. The average molecular weight is 274 g/mol. The molecular weight excluding hydrogens is 258 g/mol. The number of hydrogen-bond donors (Lipinski definition) is 0. The van der Waals surface area contributed by atoms with E-state index in [2.05, 4.69) is 0 Å². The topological polar surface area (TPSA) is 17.1 Å². The molecule has 2 aromatic rings. The number of carbonyl (C=O) groups excluding carboxylic acids is 1. The Morgan fingerprint density at radius 3 is 2.25 bits per heavy atom. The van der Waals surface area contributed by atoms with Crippen molar-refractivity contribution in [2.45, 2.75) is 27.2 Å². The summed E-state index contributed by atoms with van der Waals surface area (Å²) in [6.07, 6.45) is 0.0700. The molecule has 0 aromatic heterocycles. The zero-order valence-electron chi connectivity index (χ0n) is 11.8. The summed E-state index contributed by atoms with van der Waals surface area (Å²) in [6, 6.07) is 7.69. The Kier molecular flexibility index (Phi) is 3.98. The SMILES string of the molecule is Cc1ccc(CC(=O)c2cc(F)c(C)cc2F)cc1C. The van der Waals surface area contributed by atoms with Crippen LogP contribution in [0.25, 0.3) is 0 Å². The molecule has 0 bridgehead atoms. The standard InChI is InChI=1S/C17H16F2O/c1-10-4-5-13(6-11(10)2)8-17(20)14-9-15(18)12(3)7-16(14)19/h4-7,9H,8H2,1-3H3. The lowest BCUT2D eigenvalue weighted by Gasteiger charge is -2.07. The number of halogens is 2. The van der Waals surface area contributed by atoms with Gasteiger partial charge in [0.1, 0.15) is 11.6 Å². The monoisotopic (exact) mass is 274 g/mol. The minimum absolute atomic E-state index is 0.0700. The van der Waals surface area contributed by atoms with Crippen LogP contribution in [0.3, 0.4) is 0 Å². The van der Waals surface area contributed by atoms with Crippen molar-refractivity contribution in [1.29, 1.82) is 0 Å². The van der Waals surface area contributed by atoms with Crippen LogP contribution < -0.4 is 0 Å². The van der Waals surface area contributed by atoms with Crippen LogP contribution in [0, 0.1) is 32.4 Å². The zero-order chi connectivity index (χ0) is 14.9. The molecule has 1 nitrogen and oxygen atoms in total. The summed E-state index contributed by atoms with van der Waals surface area (Å²) in [6.45, 7) is 5.40. The van der Waals surface area contributed by atoms with Gasteiger partial charge in [-0.25, -0.2) is 8.78 Å². The molecule has 0 aliphatic rings. The molecule has 0 aliphatic heterocycles. The van der Waals surface area contributed by atoms with Gasteiger partial charge >= 0.3 is 0 Å². The molecule has 20 heavy (non-hydrogen) atoms. The van der Waals surface area contributed by atoms with Gasteiger partial charge in [-0.15, -0.1) is 0 Å². The van der Waals surface area contributed by atoms with Crippen LogP contribution in [-0.4, -0.2) is 5.78 Å². The molecule has 0 spiro atoms. The molecule has 0 atom stereocenters. The summed E-state index contributed by atoms with van der Waals surface area (Å²) < 4.78 is 27.2. The Balaban J connectivity index is 2.28. The van der Waals surface area contributed by atoms with E-state index in [-0.39, 0.29) is 17.5 Å². The summed E-state index contributed by atoms with van der Waals surface area (Å²) in [4.78, 5) is 12.1. The number of ketones is 1. The quantitative estimate of drug-likeness (QED) is 0.762. The van der Waals surface area contributed by atoms with Crippen molar-refractivity contribution >= 4 is 5.78 Å². The predicted molar refractivity (Wildman–Crippen MR) is 75.0 cm³/mol. The summed E-state index contributed by atoms with van der Waals surface area (Å²) in [5.41, 5.74) is 3.02. The first kappa shape index (κ1) is 14.4. The molecule has 104 valence electrons. The summed E-state index contributed by atoms with van der Waals surface area (Å²) in [5, 5.41) is 0. The van der Waals surface area contributed by atoms with E-state index < -0.39 is 17.4 Å². The molecule has 0 heterocycles. The third-order valence-electron chi connectivity index (χ3n) is 3.48. The second-order valence-corrected chi connectivity index (χ2v) is 5.10. The lowest BCUT2D eigenvalue weighted by Crippen LogP contribution is -2.08. The van der Waals surface area contributed by atoms with Gasteiger partial charge in [-0.1, -0.05) is 18.2 Å². The van der Waals surface area contributed by atoms with Crippen molar-refractivity contribution in [3.63, 3.8) is 0 Å². The van der Waals surface area contributed by atoms with Gasteiger partial charge in [-0.2, -0.15) is 0 Å². The number of carbonyl (C=O) groups is 1. The first-order valence-corrected chi connectivity index (χ1v) is 6.43. The Bertz CT molecular complexity index is 675. The fraction of sp³-hybridized carbons (Fsp3) is 0.235. The normalized spacial score (nSPS) is 10.7. The number of benzene rings is 2. The molecule has 0 saturated carbocycles. The minimum Gasteiger partial charge on any atom is -0.294 e. The van der Waals surface area contributed by atoms with Crippen LogP contribution in [-0.2, 0) is 6.42 Å². The molecule has 0 aliphatic carbocycles. The first-order chi connectivity index (χ1) is 9.38. The molecule has 2 rings (SSSR count). The highest BCUT2D eigenvalue weighted by atomic mass is 19.1. The Hall–Kier alpha value is -2.03. The van der Waals surface area contributed by atoms with Gasteiger partial charge in [0, 0.05) is 6.42 Å². The van der Waals surface area contributed by atoms with Gasteiger partial charge < -0.3 is 0 Å². The van der Waals surface area contributed by atoms with Crippen molar-refractivity contribution in [3.05, 3.63) is 69.8 Å². The average Bonchev–Trinajstić information content (AvgIpc) is 2.38. The van der Waals surface area contributed by atoms with E-state index in [1.54, 1.807) is 0 Å². The van der Waals surface area contributed by atoms with E-state index in [4.69, 9.17) is 0 Å². The summed E-state index contributed by atoms with van der Waals surface area (Å²) >= 11 is 0. The second kappa shape index (κ2) is 5.53. The maximum atomic E-state index is 13.7. The zero-order valence-corrected chi connectivity index (χ0v) is 11.8. The lowest BCUT2D eigenvalue weighted by molar-refractivity contribution is 0.0988. The van der Waals surface area contributed by atoms with E-state index in [9.17, 15) is 13.6 Å². The fourth-order valence-corrected chi connectivity index (χ4v) is 2.05. The van der Waals surface area contributed by atoms with Crippen molar-refractivity contribution in [2.75, 3.05) is 0 Å². The largest absolute Gasteiger partial charge is 0.294 e. The highest BCUT2D eigenvalue weighted by molar-refractivity contribution is 5.97. The van der Waals surface area contributed by atoms with Crippen LogP contribution in [0.1, 0.15) is 32.6 Å². The number of Topliss-reactive ketones (excluding diaryl/α,β-unsaturated/α-hetero) is 1. The Morgan fingerprint density at radius 2 is 1.60 bits per heavy atom. The van der Waals surface area contributed by atoms with E-state index >= 15 is 0 Å². The van der Waals surface area contributed by atoms with Gasteiger partial charge in [-0.3, -0.25) is 4.79 Å². The van der Waals surface area contributed by atoms with Crippen LogP contribution >= 0.6 is 0 Å². The molecule has 0 amide bonds. The first-order valence-electron chi connectivity index (χ1n) is 6.43. The third kappa shape index (κ3) is 2.93. The van der Waals surface area contributed by atoms with Gasteiger partial charge in [0.05, 0.1) is 5.56 Å². The third-order valence-corrected chi connectivity index (χ3v) is 3.48. The van der Waals surface area contributed by atoms with Crippen molar-refractivity contribution < 1.29 is 13.6 Å². The predicted octanol–water partition coefficient (Wildman–Crippen LogP) is 4.32. The molecule has 0 N–H and O–H groups in total. The van der Waals surface area contributed by atoms with Crippen LogP contribution in [0.2, 0.25) is 0 Å². The molecule has 0 fully saturated rings. The van der Waals surface area contributed by atoms with Gasteiger partial charge in [0.2, 0.25) is 0 Å². The molecule has 0 saturated heterocycles. The fourth-order valence-electron chi connectivity index (χ4n) is 2.05. The van der Waals surface area contributed by atoms with Crippen molar-refractivity contribution in [1.82, 2.24) is 0 Å². The van der Waals surface area contributed by atoms with Crippen LogP contribution in [0.4, 0.5) is 8.78 Å². The maximum Gasteiger partial charge on any atom is 0.170 e. The van der Waals surface area contributed by atoms with E-state index in [1.165, 1.54) is 6.92 Å². The summed E-state index contributed by atoms with van der Waals surface area (Å²) in [7, 11) is 0. The van der Waals surface area contributed by atoms with Crippen molar-refractivity contribution in [2.24, 2.45) is 0 Å². The molecule has 0 unspecified atom stereocenters. The van der Waals surface area contributed by atoms with Crippen LogP contribution in [0.15, 0.2) is 30.3 Å². The highest BCUT2D eigenvalue weighted by Crippen LogP contribution is 2.17. The Morgan fingerprint density at radius 1 is 0.900 bits per heavy atom. The number of rotatable bonds is 3. The van der Waals surface area contributed by atoms with E-state index in [0.717, 1.165) is 28.8 Å².